The van der Waals surface area contributed by atoms with Gasteiger partial charge in [-0.2, -0.15) is 0 Å². The lowest BCUT2D eigenvalue weighted by molar-refractivity contribution is 0.0289. The van der Waals surface area contributed by atoms with Gasteiger partial charge in [-0.25, -0.2) is 4.79 Å². The monoisotopic (exact) mass is 396 g/mol. The van der Waals surface area contributed by atoms with E-state index in [1.54, 1.807) is 31.0 Å². The van der Waals surface area contributed by atoms with E-state index < -0.39 is 0 Å². The highest BCUT2D eigenvalue weighted by atomic mass is 32.2. The van der Waals surface area contributed by atoms with Gasteiger partial charge in [0.05, 0.1) is 12.7 Å². The van der Waals surface area contributed by atoms with E-state index in [4.69, 9.17) is 9.47 Å². The largest absolute Gasteiger partial charge is 0.497 e. The molecule has 148 valence electrons. The lowest BCUT2D eigenvalue weighted by Crippen LogP contribution is -2.33. The summed E-state index contributed by atoms with van der Waals surface area (Å²) in [6.45, 7) is 11.0. The molecule has 0 amide bonds. The summed E-state index contributed by atoms with van der Waals surface area (Å²) in [5, 5.41) is 0. The van der Waals surface area contributed by atoms with Crippen LogP contribution in [0.1, 0.15) is 50.5 Å². The Balaban J connectivity index is 1.99. The molecule has 1 aliphatic rings. The number of carbonyl (C=O) groups is 1. The van der Waals surface area contributed by atoms with Crippen molar-refractivity contribution in [2.45, 2.75) is 40.1 Å². The van der Waals surface area contributed by atoms with Gasteiger partial charge >= 0.3 is 5.97 Å². The molecular weight excluding hydrogens is 368 g/mol. The van der Waals surface area contributed by atoms with Crippen molar-refractivity contribution in [3.63, 3.8) is 0 Å². The van der Waals surface area contributed by atoms with E-state index in [1.807, 2.05) is 36.4 Å². The second-order valence-corrected chi connectivity index (χ2v) is 9.70. The van der Waals surface area contributed by atoms with Gasteiger partial charge in [-0.15, -0.1) is 0 Å². The molecule has 1 heterocycles. The summed E-state index contributed by atoms with van der Waals surface area (Å²) in [7, 11) is 1.67. The van der Waals surface area contributed by atoms with E-state index in [9.17, 15) is 4.79 Å². The third kappa shape index (κ3) is 3.97. The number of thioether (sulfide) groups is 1. The normalized spacial score (nSPS) is 18.9. The van der Waals surface area contributed by atoms with Gasteiger partial charge in [-0.1, -0.05) is 76.7 Å². The molecule has 1 unspecified atom stereocenters. The zero-order valence-corrected chi connectivity index (χ0v) is 18.2. The molecular formula is C24H28O3S. The topological polar surface area (TPSA) is 35.5 Å². The van der Waals surface area contributed by atoms with Crippen LogP contribution in [0.25, 0.3) is 4.91 Å². The zero-order valence-electron chi connectivity index (χ0n) is 17.4. The van der Waals surface area contributed by atoms with Crippen LogP contribution < -0.4 is 4.74 Å². The van der Waals surface area contributed by atoms with E-state index in [0.717, 1.165) is 11.3 Å². The minimum absolute atomic E-state index is 0.0667. The Hall–Kier alpha value is -2.20. The molecule has 0 aromatic heterocycles. The van der Waals surface area contributed by atoms with Crippen LogP contribution in [0.5, 0.6) is 5.75 Å². The van der Waals surface area contributed by atoms with Gasteiger partial charge in [0.1, 0.15) is 5.75 Å². The molecule has 1 aliphatic heterocycles. The van der Waals surface area contributed by atoms with Gasteiger partial charge in [-0.05, 0) is 40.8 Å². The Labute approximate surface area is 172 Å². The van der Waals surface area contributed by atoms with Crippen molar-refractivity contribution in [1.82, 2.24) is 0 Å². The molecule has 1 atom stereocenters. The minimum atomic E-state index is -0.300. The average Bonchev–Trinajstić information content (AvgIpc) is 2.93. The molecule has 2 aromatic carbocycles. The highest BCUT2D eigenvalue weighted by molar-refractivity contribution is 8.09. The molecule has 3 nitrogen and oxygen atoms in total. The van der Waals surface area contributed by atoms with Crippen LogP contribution in [-0.4, -0.2) is 18.5 Å². The summed E-state index contributed by atoms with van der Waals surface area (Å²) < 4.78 is 11.4. The molecule has 4 heteroatoms. The fourth-order valence-electron chi connectivity index (χ4n) is 3.92. The van der Waals surface area contributed by atoms with Crippen LogP contribution >= 0.6 is 11.8 Å². The first kappa shape index (κ1) is 20.5. The van der Waals surface area contributed by atoms with E-state index in [0.29, 0.717) is 5.56 Å². The Bertz CT molecular complexity index is 892. The van der Waals surface area contributed by atoms with E-state index in [2.05, 4.69) is 40.7 Å². The second kappa shape index (κ2) is 7.67. The van der Waals surface area contributed by atoms with Crippen molar-refractivity contribution >= 4 is 22.6 Å². The van der Waals surface area contributed by atoms with Crippen molar-refractivity contribution in [1.29, 1.82) is 0 Å². The molecule has 0 spiro atoms. The van der Waals surface area contributed by atoms with Crippen LogP contribution in [0.4, 0.5) is 0 Å². The number of ether oxygens (including phenoxy) is 2. The lowest BCUT2D eigenvalue weighted by Gasteiger charge is -2.36. The molecule has 0 bridgehead atoms. The second-order valence-electron chi connectivity index (χ2n) is 8.63. The van der Waals surface area contributed by atoms with E-state index >= 15 is 0 Å². The number of methoxy groups -OCH3 is 1. The predicted molar refractivity (Wildman–Crippen MR) is 116 cm³/mol. The summed E-state index contributed by atoms with van der Waals surface area (Å²) in [5.74, 6) is 0.535. The van der Waals surface area contributed by atoms with Crippen LogP contribution in [0, 0.1) is 10.8 Å². The molecule has 0 N–H and O–H groups in total. The quantitative estimate of drug-likeness (QED) is 0.560. The first-order valence-corrected chi connectivity index (χ1v) is 10.3. The van der Waals surface area contributed by atoms with Gasteiger partial charge in [0.25, 0.3) is 0 Å². The first-order valence-electron chi connectivity index (χ1n) is 9.47. The van der Waals surface area contributed by atoms with Gasteiger partial charge in [0.2, 0.25) is 0 Å². The molecule has 28 heavy (non-hydrogen) atoms. The summed E-state index contributed by atoms with van der Waals surface area (Å²) in [6.07, 6.45) is 0. The maximum absolute atomic E-state index is 12.7. The van der Waals surface area contributed by atoms with Crippen LogP contribution in [0.15, 0.2) is 60.2 Å². The van der Waals surface area contributed by atoms with Crippen LogP contribution in [0.3, 0.4) is 0 Å². The molecule has 3 rings (SSSR count). The third-order valence-corrected chi connectivity index (χ3v) is 6.57. The Morgan fingerprint density at radius 3 is 2.32 bits per heavy atom. The zero-order chi connectivity index (χ0) is 20.5. The molecule has 0 radical (unpaired) electrons. The molecule has 0 saturated heterocycles. The lowest BCUT2D eigenvalue weighted by atomic mass is 9.70. The highest BCUT2D eigenvalue weighted by Crippen LogP contribution is 2.60. The van der Waals surface area contributed by atoms with Crippen molar-refractivity contribution in [3.8, 4) is 5.75 Å². The number of carbonyl (C=O) groups excluding carboxylic acids is 1. The van der Waals surface area contributed by atoms with Gasteiger partial charge in [0, 0.05) is 10.3 Å². The SMILES string of the molecule is COc1cccc(C2=C(C(C)(C)C)C(C)(C)C(OC(=O)c3ccccc3)S2)c1. The molecule has 0 fully saturated rings. The van der Waals surface area contributed by atoms with Gasteiger partial charge in [-0.3, -0.25) is 0 Å². The van der Waals surface area contributed by atoms with Crippen LogP contribution in [-0.2, 0) is 4.74 Å². The van der Waals surface area contributed by atoms with E-state index in [-0.39, 0.29) is 22.2 Å². The van der Waals surface area contributed by atoms with Gasteiger partial charge < -0.3 is 9.47 Å². The van der Waals surface area contributed by atoms with E-state index in [1.165, 1.54) is 10.5 Å². The summed E-state index contributed by atoms with van der Waals surface area (Å²) in [4.78, 5) is 13.9. The molecule has 2 aromatic rings. The summed E-state index contributed by atoms with van der Waals surface area (Å²) in [5.41, 5.74) is 2.31. The van der Waals surface area contributed by atoms with Crippen molar-refractivity contribution in [3.05, 3.63) is 71.3 Å². The minimum Gasteiger partial charge on any atom is -0.497 e. The highest BCUT2D eigenvalue weighted by Gasteiger charge is 2.49. The fraction of sp³-hybridized carbons (Fsp3) is 0.375. The average molecular weight is 397 g/mol. The Kier molecular flexibility index (Phi) is 5.62. The number of rotatable bonds is 4. The maximum Gasteiger partial charge on any atom is 0.339 e. The smallest absolute Gasteiger partial charge is 0.339 e. The van der Waals surface area contributed by atoms with Crippen molar-refractivity contribution in [2.75, 3.05) is 7.11 Å². The Morgan fingerprint density at radius 2 is 1.71 bits per heavy atom. The number of esters is 1. The Morgan fingerprint density at radius 1 is 1.04 bits per heavy atom. The fourth-order valence-corrected chi connectivity index (χ4v) is 5.63. The van der Waals surface area contributed by atoms with Crippen molar-refractivity contribution in [2.24, 2.45) is 10.8 Å². The standard InChI is InChI=1S/C24H28O3S/c1-23(2,3)20-19(17-13-10-14-18(15-17)26-6)28-22(24(20,4)5)27-21(25)16-11-8-7-9-12-16/h7-15,22H,1-6H3. The summed E-state index contributed by atoms with van der Waals surface area (Å²) in [6, 6.07) is 17.3. The molecule has 0 saturated carbocycles. The van der Waals surface area contributed by atoms with Crippen LogP contribution in [0.2, 0.25) is 0 Å². The van der Waals surface area contributed by atoms with Gasteiger partial charge in [0.15, 0.2) is 5.44 Å². The molecule has 0 aliphatic carbocycles. The summed E-state index contributed by atoms with van der Waals surface area (Å²) >= 11 is 1.63. The first-order chi connectivity index (χ1) is 13.1. The third-order valence-electron chi connectivity index (χ3n) is 4.99. The maximum atomic E-state index is 12.7. The number of benzene rings is 2. The number of hydrogen-bond donors (Lipinski definition) is 0. The van der Waals surface area contributed by atoms with Crippen molar-refractivity contribution < 1.29 is 14.3 Å². The predicted octanol–water partition coefficient (Wildman–Crippen LogP) is 6.41. The number of hydrogen-bond acceptors (Lipinski definition) is 4.